The van der Waals surface area contributed by atoms with Gasteiger partial charge in [0.25, 0.3) is 16.0 Å². The minimum Gasteiger partial charge on any atom is -0.394 e. The molecule has 9 nitrogen and oxygen atoms in total. The first-order chi connectivity index (χ1) is 11.2. The van der Waals surface area contributed by atoms with Gasteiger partial charge in [-0.1, -0.05) is 18.2 Å². The maximum atomic E-state index is 12.2. The van der Waals surface area contributed by atoms with Gasteiger partial charge in [0, 0.05) is 5.56 Å². The third kappa shape index (κ3) is 4.50. The smallest absolute Gasteiger partial charge is 0.264 e. The van der Waals surface area contributed by atoms with Crippen molar-refractivity contribution in [2.75, 3.05) is 12.9 Å². The number of aliphatic hydroxyl groups is 3. The van der Waals surface area contributed by atoms with E-state index in [9.17, 15) is 23.4 Å². The molecule has 0 saturated carbocycles. The van der Waals surface area contributed by atoms with E-state index in [1.807, 2.05) is 0 Å². The molecule has 134 valence electrons. The second kappa shape index (κ2) is 7.55. The Kier molecular flexibility index (Phi) is 5.91. The van der Waals surface area contributed by atoms with E-state index in [4.69, 9.17) is 14.0 Å². The summed E-state index contributed by atoms with van der Waals surface area (Å²) in [5.41, 5.74) is 0.265. The molecule has 1 aliphatic rings. The fraction of sp³-hybridized carbons (Fsp3) is 0.500. The van der Waals surface area contributed by atoms with Crippen LogP contribution in [0.1, 0.15) is 10.4 Å². The van der Waals surface area contributed by atoms with Gasteiger partial charge < -0.3 is 25.4 Å². The first-order valence-electron chi connectivity index (χ1n) is 7.09. The van der Waals surface area contributed by atoms with Gasteiger partial charge >= 0.3 is 0 Å². The number of amides is 1. The van der Waals surface area contributed by atoms with E-state index >= 15 is 0 Å². The Hall–Kier alpha value is -1.56. The number of benzene rings is 1. The first kappa shape index (κ1) is 18.8. The molecule has 1 aliphatic heterocycles. The van der Waals surface area contributed by atoms with E-state index in [2.05, 4.69) is 5.32 Å². The number of rotatable bonds is 5. The van der Waals surface area contributed by atoms with Crippen LogP contribution in [0, 0.1) is 0 Å². The standard InChI is InChI=1S/C14H19NO8S/c1-24(20,21)23-12-10(14(19)22-9(7-16)11(12)17)15-13(18)8-5-3-2-4-6-8/h2-6,9-12,14,16-17,19H,7H2,1H3,(H,15,18)/t9?,10?,11?,12-,14?/m0/s1. The molecule has 2 rings (SSSR count). The monoisotopic (exact) mass is 361 g/mol. The van der Waals surface area contributed by atoms with Crippen LogP contribution in [0.4, 0.5) is 0 Å². The lowest BCUT2D eigenvalue weighted by atomic mass is 9.97. The molecular formula is C14H19NO8S. The molecule has 0 radical (unpaired) electrons. The van der Waals surface area contributed by atoms with Crippen LogP contribution in [0.5, 0.6) is 0 Å². The largest absolute Gasteiger partial charge is 0.394 e. The van der Waals surface area contributed by atoms with Crippen LogP contribution in [0.15, 0.2) is 30.3 Å². The molecule has 0 aliphatic carbocycles. The normalized spacial score (nSPS) is 30.8. The zero-order valence-electron chi connectivity index (χ0n) is 12.8. The van der Waals surface area contributed by atoms with Gasteiger partial charge in [-0.2, -0.15) is 8.42 Å². The molecule has 5 atom stereocenters. The Morgan fingerprint density at radius 2 is 1.92 bits per heavy atom. The number of hydrogen-bond donors (Lipinski definition) is 4. The van der Waals surface area contributed by atoms with Crippen molar-refractivity contribution in [3.8, 4) is 0 Å². The van der Waals surface area contributed by atoms with Crippen molar-refractivity contribution in [3.05, 3.63) is 35.9 Å². The van der Waals surface area contributed by atoms with Crippen molar-refractivity contribution in [2.45, 2.75) is 30.6 Å². The number of carbonyl (C=O) groups excluding carboxylic acids is 1. The summed E-state index contributed by atoms with van der Waals surface area (Å²) in [7, 11) is -4.00. The number of ether oxygens (including phenoxy) is 1. The highest BCUT2D eigenvalue weighted by Crippen LogP contribution is 2.24. The zero-order valence-corrected chi connectivity index (χ0v) is 13.6. The van der Waals surface area contributed by atoms with E-state index in [0.717, 1.165) is 6.26 Å². The minimum atomic E-state index is -4.00. The molecule has 1 saturated heterocycles. The summed E-state index contributed by atoms with van der Waals surface area (Å²) in [6, 6.07) is 6.65. The van der Waals surface area contributed by atoms with Crippen molar-refractivity contribution >= 4 is 16.0 Å². The molecule has 1 heterocycles. The maximum Gasteiger partial charge on any atom is 0.264 e. The fourth-order valence-corrected chi connectivity index (χ4v) is 3.01. The van der Waals surface area contributed by atoms with Crippen molar-refractivity contribution in [1.82, 2.24) is 5.32 Å². The van der Waals surface area contributed by atoms with Crippen molar-refractivity contribution in [1.29, 1.82) is 0 Å². The second-order valence-corrected chi connectivity index (χ2v) is 6.97. The fourth-order valence-electron chi connectivity index (χ4n) is 2.38. The summed E-state index contributed by atoms with van der Waals surface area (Å²) in [6.07, 6.45) is -5.25. The molecule has 10 heteroatoms. The van der Waals surface area contributed by atoms with Crippen LogP contribution >= 0.6 is 0 Å². The van der Waals surface area contributed by atoms with Crippen LogP contribution in [0.3, 0.4) is 0 Å². The highest BCUT2D eigenvalue weighted by atomic mass is 32.2. The van der Waals surface area contributed by atoms with E-state index in [1.54, 1.807) is 18.2 Å². The Balaban J connectivity index is 2.24. The van der Waals surface area contributed by atoms with Crippen molar-refractivity contribution in [3.63, 3.8) is 0 Å². The minimum absolute atomic E-state index is 0.265. The predicted octanol–water partition coefficient (Wildman–Crippen LogP) is -1.80. The number of carbonyl (C=O) groups is 1. The Labute approximate surface area is 139 Å². The van der Waals surface area contributed by atoms with Crippen molar-refractivity contribution < 1.29 is 37.5 Å². The van der Waals surface area contributed by atoms with Gasteiger partial charge in [-0.25, -0.2) is 0 Å². The molecule has 4 N–H and O–H groups in total. The lowest BCUT2D eigenvalue weighted by molar-refractivity contribution is -0.247. The third-order valence-corrected chi connectivity index (χ3v) is 4.06. The van der Waals surface area contributed by atoms with Gasteiger partial charge in [0.2, 0.25) is 0 Å². The molecule has 0 bridgehead atoms. The summed E-state index contributed by atoms with van der Waals surface area (Å²) in [6.45, 7) is -0.665. The lowest BCUT2D eigenvalue weighted by Crippen LogP contribution is -2.65. The van der Waals surface area contributed by atoms with Crippen LogP contribution in [-0.2, 0) is 19.0 Å². The SMILES string of the molecule is CS(=O)(=O)O[C@@H]1C(O)C(CO)OC(O)C1NC(=O)c1ccccc1. The molecule has 0 aromatic heterocycles. The average molecular weight is 361 g/mol. The maximum absolute atomic E-state index is 12.2. The van der Waals surface area contributed by atoms with E-state index in [-0.39, 0.29) is 5.56 Å². The summed E-state index contributed by atoms with van der Waals surface area (Å²) in [5, 5.41) is 31.7. The molecule has 1 fully saturated rings. The molecule has 0 spiro atoms. The quantitative estimate of drug-likeness (QED) is 0.450. The Morgan fingerprint density at radius 1 is 1.29 bits per heavy atom. The second-order valence-electron chi connectivity index (χ2n) is 5.37. The molecule has 1 aromatic carbocycles. The zero-order chi connectivity index (χ0) is 17.9. The Bertz CT molecular complexity index is 665. The highest BCUT2D eigenvalue weighted by molar-refractivity contribution is 7.86. The van der Waals surface area contributed by atoms with Gasteiger partial charge in [-0.15, -0.1) is 0 Å². The van der Waals surface area contributed by atoms with Gasteiger partial charge in [0.15, 0.2) is 6.29 Å². The van der Waals surface area contributed by atoms with Crippen LogP contribution in [0.25, 0.3) is 0 Å². The van der Waals surface area contributed by atoms with Crippen LogP contribution in [-0.4, -0.2) is 73.2 Å². The van der Waals surface area contributed by atoms with Gasteiger partial charge in [-0.05, 0) is 12.1 Å². The van der Waals surface area contributed by atoms with Crippen LogP contribution < -0.4 is 5.32 Å². The molecular weight excluding hydrogens is 342 g/mol. The Morgan fingerprint density at radius 3 is 2.46 bits per heavy atom. The molecule has 1 aromatic rings. The lowest BCUT2D eigenvalue weighted by Gasteiger charge is -2.41. The highest BCUT2D eigenvalue weighted by Gasteiger charge is 2.47. The van der Waals surface area contributed by atoms with Crippen molar-refractivity contribution in [2.24, 2.45) is 0 Å². The number of nitrogens with one attached hydrogen (secondary N) is 1. The number of hydrogen-bond acceptors (Lipinski definition) is 8. The molecule has 24 heavy (non-hydrogen) atoms. The summed E-state index contributed by atoms with van der Waals surface area (Å²) < 4.78 is 32.6. The van der Waals surface area contributed by atoms with E-state index < -0.39 is 53.3 Å². The van der Waals surface area contributed by atoms with Crippen LogP contribution in [0.2, 0.25) is 0 Å². The number of aliphatic hydroxyl groups excluding tert-OH is 3. The van der Waals surface area contributed by atoms with E-state index in [0.29, 0.717) is 0 Å². The summed E-state index contributed by atoms with van der Waals surface area (Å²) in [5.74, 6) is -0.611. The van der Waals surface area contributed by atoms with E-state index in [1.165, 1.54) is 12.1 Å². The predicted molar refractivity (Wildman–Crippen MR) is 81.4 cm³/mol. The van der Waals surface area contributed by atoms with Gasteiger partial charge in [0.1, 0.15) is 24.4 Å². The summed E-state index contributed by atoms with van der Waals surface area (Å²) in [4.78, 5) is 12.2. The average Bonchev–Trinajstić information content (AvgIpc) is 2.53. The molecule has 1 amide bonds. The van der Waals surface area contributed by atoms with Gasteiger partial charge in [-0.3, -0.25) is 8.98 Å². The molecule has 4 unspecified atom stereocenters. The first-order valence-corrected chi connectivity index (χ1v) is 8.91. The van der Waals surface area contributed by atoms with Gasteiger partial charge in [0.05, 0.1) is 12.9 Å². The summed E-state index contributed by atoms with van der Waals surface area (Å²) >= 11 is 0. The topological polar surface area (TPSA) is 142 Å². The third-order valence-electron chi connectivity index (χ3n) is 3.49.